The molecule has 0 radical (unpaired) electrons. The van der Waals surface area contributed by atoms with E-state index in [1.807, 2.05) is 25.2 Å². The fourth-order valence-corrected chi connectivity index (χ4v) is 2.08. The van der Waals surface area contributed by atoms with Gasteiger partial charge in [-0.2, -0.15) is 4.80 Å². The lowest BCUT2D eigenvalue weighted by Gasteiger charge is -2.11. The molecule has 6 nitrogen and oxygen atoms in total. The number of para-hydroxylation sites is 1. The molecule has 0 spiro atoms. The van der Waals surface area contributed by atoms with Crippen LogP contribution in [0.4, 0.5) is 0 Å². The van der Waals surface area contributed by atoms with Crippen molar-refractivity contribution in [2.75, 3.05) is 7.05 Å². The van der Waals surface area contributed by atoms with Crippen LogP contribution >= 0.6 is 15.9 Å². The van der Waals surface area contributed by atoms with Gasteiger partial charge in [0.25, 0.3) is 0 Å². The van der Waals surface area contributed by atoms with E-state index in [-0.39, 0.29) is 0 Å². The van der Waals surface area contributed by atoms with Gasteiger partial charge in [-0.1, -0.05) is 12.1 Å². The van der Waals surface area contributed by atoms with Crippen molar-refractivity contribution in [3.05, 3.63) is 34.1 Å². The molecule has 1 aromatic carbocycles. The molecule has 7 heteroatoms. The topological polar surface area (TPSA) is 64.9 Å². The van der Waals surface area contributed by atoms with Crippen LogP contribution in [0.1, 0.15) is 11.4 Å². The maximum Gasteiger partial charge on any atom is 0.212 e. The molecule has 2 rings (SSSR count). The summed E-state index contributed by atoms with van der Waals surface area (Å²) < 4.78 is 6.67. The Balaban J connectivity index is 2.12. The van der Waals surface area contributed by atoms with Gasteiger partial charge in [0.1, 0.15) is 5.75 Å². The summed E-state index contributed by atoms with van der Waals surface area (Å²) in [7, 11) is 3.62. The zero-order valence-corrected chi connectivity index (χ0v) is 11.8. The molecule has 0 aliphatic heterocycles. The molecule has 96 valence electrons. The summed E-state index contributed by atoms with van der Waals surface area (Å²) in [6.07, 6.45) is 0. The monoisotopic (exact) mass is 311 g/mol. The molecule has 0 amide bonds. The van der Waals surface area contributed by atoms with Crippen LogP contribution in [0.3, 0.4) is 0 Å². The lowest BCUT2D eigenvalue weighted by Crippen LogP contribution is -2.08. The fourth-order valence-electron chi connectivity index (χ4n) is 1.56. The van der Waals surface area contributed by atoms with Crippen molar-refractivity contribution in [2.24, 2.45) is 7.05 Å². The van der Waals surface area contributed by atoms with Crippen molar-refractivity contribution < 1.29 is 4.74 Å². The van der Waals surface area contributed by atoms with Gasteiger partial charge in [0.15, 0.2) is 6.61 Å². The lowest BCUT2D eigenvalue weighted by atomic mass is 10.2. The second kappa shape index (κ2) is 5.92. The van der Waals surface area contributed by atoms with E-state index < -0.39 is 0 Å². The Hall–Kier alpha value is -1.47. The molecule has 0 atom stereocenters. The van der Waals surface area contributed by atoms with Gasteiger partial charge >= 0.3 is 0 Å². The minimum Gasteiger partial charge on any atom is -0.484 e. The first kappa shape index (κ1) is 13.0. The predicted octanol–water partition coefficient (Wildman–Crippen LogP) is 1.27. The summed E-state index contributed by atoms with van der Waals surface area (Å²) >= 11 is 3.48. The third kappa shape index (κ3) is 3.05. The first-order valence-corrected chi connectivity index (χ1v) is 6.27. The summed E-state index contributed by atoms with van der Waals surface area (Å²) in [6, 6.07) is 5.93. The Morgan fingerprint density at radius 3 is 2.94 bits per heavy atom. The largest absolute Gasteiger partial charge is 0.484 e. The molecule has 0 aliphatic carbocycles. The Kier molecular flexibility index (Phi) is 4.27. The van der Waals surface area contributed by atoms with Gasteiger partial charge in [0.05, 0.1) is 11.5 Å². The molecular formula is C11H14BrN5O. The van der Waals surface area contributed by atoms with Gasteiger partial charge in [0, 0.05) is 12.1 Å². The highest BCUT2D eigenvalue weighted by molar-refractivity contribution is 9.10. The van der Waals surface area contributed by atoms with E-state index >= 15 is 0 Å². The average molecular weight is 312 g/mol. The number of benzene rings is 1. The quantitative estimate of drug-likeness (QED) is 0.901. The van der Waals surface area contributed by atoms with E-state index in [4.69, 9.17) is 4.74 Å². The number of aromatic nitrogens is 4. The van der Waals surface area contributed by atoms with Gasteiger partial charge in [-0.25, -0.2) is 0 Å². The summed E-state index contributed by atoms with van der Waals surface area (Å²) in [6.45, 7) is 1.04. The number of aryl methyl sites for hydroxylation is 1. The summed E-state index contributed by atoms with van der Waals surface area (Å²) in [5, 5.41) is 14.8. The van der Waals surface area contributed by atoms with Crippen LogP contribution in [0.2, 0.25) is 0 Å². The molecule has 18 heavy (non-hydrogen) atoms. The molecule has 1 aromatic heterocycles. The van der Waals surface area contributed by atoms with E-state index in [2.05, 4.69) is 36.7 Å². The Morgan fingerprint density at radius 2 is 2.28 bits per heavy atom. The van der Waals surface area contributed by atoms with Crippen molar-refractivity contribution in [1.29, 1.82) is 0 Å². The van der Waals surface area contributed by atoms with Gasteiger partial charge < -0.3 is 10.1 Å². The van der Waals surface area contributed by atoms with E-state index in [1.54, 1.807) is 7.05 Å². The summed E-state index contributed by atoms with van der Waals surface area (Å²) in [4.78, 5) is 1.41. The van der Waals surface area contributed by atoms with Crippen molar-refractivity contribution in [3.8, 4) is 5.75 Å². The number of halogens is 1. The van der Waals surface area contributed by atoms with Crippen LogP contribution in [-0.4, -0.2) is 27.3 Å². The van der Waals surface area contributed by atoms with Crippen molar-refractivity contribution in [2.45, 2.75) is 13.2 Å². The van der Waals surface area contributed by atoms with Crippen molar-refractivity contribution in [3.63, 3.8) is 0 Å². The molecule has 0 unspecified atom stereocenters. The van der Waals surface area contributed by atoms with Gasteiger partial charge in [-0.05, 0) is 34.3 Å². The average Bonchev–Trinajstić information content (AvgIpc) is 2.75. The third-order valence-electron chi connectivity index (χ3n) is 2.31. The number of hydrogen-bond donors (Lipinski definition) is 1. The highest BCUT2D eigenvalue weighted by atomic mass is 79.9. The lowest BCUT2D eigenvalue weighted by molar-refractivity contribution is 0.290. The second-order valence-electron chi connectivity index (χ2n) is 3.74. The zero-order chi connectivity index (χ0) is 13.0. The maximum atomic E-state index is 5.75. The highest BCUT2D eigenvalue weighted by Gasteiger charge is 2.09. The number of nitrogens with zero attached hydrogens (tertiary/aromatic N) is 4. The van der Waals surface area contributed by atoms with E-state index in [0.717, 1.165) is 22.3 Å². The molecule has 0 bridgehead atoms. The highest BCUT2D eigenvalue weighted by Crippen LogP contribution is 2.29. The molecule has 0 saturated carbocycles. The molecule has 1 heterocycles. The molecular weight excluding hydrogens is 298 g/mol. The van der Waals surface area contributed by atoms with Crippen molar-refractivity contribution >= 4 is 15.9 Å². The first-order valence-electron chi connectivity index (χ1n) is 5.48. The standard InChI is InChI=1S/C11H14BrN5O/c1-13-6-8-4-3-5-9(12)11(8)18-7-10-14-16-17(2)15-10/h3-5,13H,6-7H2,1-2H3. The van der Waals surface area contributed by atoms with Crippen LogP contribution in [0.15, 0.2) is 22.7 Å². The van der Waals surface area contributed by atoms with E-state index in [0.29, 0.717) is 12.4 Å². The number of hydrogen-bond acceptors (Lipinski definition) is 5. The van der Waals surface area contributed by atoms with Gasteiger partial charge in [-0.3, -0.25) is 0 Å². The maximum absolute atomic E-state index is 5.75. The fraction of sp³-hybridized carbons (Fsp3) is 0.364. The molecule has 2 aromatic rings. The third-order valence-corrected chi connectivity index (χ3v) is 2.94. The van der Waals surface area contributed by atoms with Crippen LogP contribution in [0, 0.1) is 0 Å². The Bertz CT molecular complexity index is 528. The molecule has 1 N–H and O–H groups in total. The minimum atomic E-state index is 0.299. The zero-order valence-electron chi connectivity index (χ0n) is 10.2. The normalized spacial score (nSPS) is 10.6. The summed E-state index contributed by atoms with van der Waals surface area (Å²) in [5.41, 5.74) is 1.08. The summed E-state index contributed by atoms with van der Waals surface area (Å²) in [5.74, 6) is 1.36. The first-order chi connectivity index (χ1) is 8.70. The van der Waals surface area contributed by atoms with Crippen LogP contribution in [-0.2, 0) is 20.2 Å². The Morgan fingerprint density at radius 1 is 1.44 bits per heavy atom. The van der Waals surface area contributed by atoms with Gasteiger partial charge in [-0.15, -0.1) is 10.2 Å². The minimum absolute atomic E-state index is 0.299. The molecule has 0 aliphatic rings. The predicted molar refractivity (Wildman–Crippen MR) is 70.0 cm³/mol. The van der Waals surface area contributed by atoms with Gasteiger partial charge in [0.2, 0.25) is 5.82 Å². The Labute approximate surface area is 113 Å². The molecule has 0 fully saturated rings. The smallest absolute Gasteiger partial charge is 0.212 e. The SMILES string of the molecule is CNCc1cccc(Br)c1OCc1nnn(C)n1. The van der Waals surface area contributed by atoms with Crippen LogP contribution in [0.25, 0.3) is 0 Å². The van der Waals surface area contributed by atoms with E-state index in [1.165, 1.54) is 4.80 Å². The number of rotatable bonds is 5. The van der Waals surface area contributed by atoms with Crippen LogP contribution in [0.5, 0.6) is 5.75 Å². The van der Waals surface area contributed by atoms with E-state index in [9.17, 15) is 0 Å². The number of nitrogens with one attached hydrogen (secondary N) is 1. The second-order valence-corrected chi connectivity index (χ2v) is 4.60. The number of ether oxygens (including phenoxy) is 1. The number of tetrazole rings is 1. The van der Waals surface area contributed by atoms with Crippen molar-refractivity contribution in [1.82, 2.24) is 25.5 Å². The molecule has 0 saturated heterocycles. The van der Waals surface area contributed by atoms with Crippen LogP contribution < -0.4 is 10.1 Å².